The molecule has 2 rings (SSSR count). The van der Waals surface area contributed by atoms with Gasteiger partial charge in [0.05, 0.1) is 6.10 Å². The van der Waals surface area contributed by atoms with Gasteiger partial charge in [-0.1, -0.05) is 25.1 Å². The monoisotopic (exact) mass is 249 g/mol. The summed E-state index contributed by atoms with van der Waals surface area (Å²) in [6, 6.07) is 5.95. The van der Waals surface area contributed by atoms with Crippen LogP contribution in [0.25, 0.3) is 0 Å². The largest absolute Gasteiger partial charge is 0.507 e. The molecule has 1 aromatic carbocycles. The van der Waals surface area contributed by atoms with Gasteiger partial charge < -0.3 is 9.84 Å². The Balaban J connectivity index is 2.03. The third-order valence-corrected chi connectivity index (χ3v) is 3.99. The maximum absolute atomic E-state index is 10.0. The summed E-state index contributed by atoms with van der Waals surface area (Å²) in [6.45, 7) is 7.02. The van der Waals surface area contributed by atoms with Crippen molar-refractivity contribution in [2.75, 3.05) is 20.2 Å². The van der Waals surface area contributed by atoms with Crippen LogP contribution in [-0.4, -0.2) is 36.3 Å². The molecular formula is C15H23NO2. The number of piperidine rings is 1. The Labute approximate surface area is 109 Å². The Morgan fingerprint density at radius 1 is 1.44 bits per heavy atom. The van der Waals surface area contributed by atoms with Crippen molar-refractivity contribution in [3.05, 3.63) is 29.3 Å². The van der Waals surface area contributed by atoms with Crippen LogP contribution in [0.3, 0.4) is 0 Å². The number of methoxy groups -OCH3 is 1. The van der Waals surface area contributed by atoms with Gasteiger partial charge in [0.1, 0.15) is 5.75 Å². The van der Waals surface area contributed by atoms with Crippen LogP contribution in [0.15, 0.2) is 18.2 Å². The topological polar surface area (TPSA) is 32.7 Å². The van der Waals surface area contributed by atoms with Gasteiger partial charge in [0.25, 0.3) is 0 Å². The van der Waals surface area contributed by atoms with Crippen molar-refractivity contribution in [3.63, 3.8) is 0 Å². The average molecular weight is 249 g/mol. The molecule has 100 valence electrons. The minimum Gasteiger partial charge on any atom is -0.507 e. The molecule has 0 bridgehead atoms. The molecule has 0 saturated carbocycles. The number of likely N-dealkylation sites (tertiary alicyclic amines) is 1. The lowest BCUT2D eigenvalue weighted by atomic mass is 9.95. The minimum absolute atomic E-state index is 0.311. The summed E-state index contributed by atoms with van der Waals surface area (Å²) < 4.78 is 5.52. The number of ether oxygens (including phenoxy) is 1. The average Bonchev–Trinajstić information content (AvgIpc) is 2.37. The van der Waals surface area contributed by atoms with E-state index in [1.54, 1.807) is 7.11 Å². The van der Waals surface area contributed by atoms with Gasteiger partial charge in [-0.05, 0) is 31.4 Å². The molecule has 1 heterocycles. The first-order valence-electron chi connectivity index (χ1n) is 6.64. The molecule has 2 atom stereocenters. The molecule has 3 heteroatoms. The van der Waals surface area contributed by atoms with Crippen LogP contribution >= 0.6 is 0 Å². The number of phenols is 1. The summed E-state index contributed by atoms with van der Waals surface area (Å²) in [5.41, 5.74) is 1.96. The van der Waals surface area contributed by atoms with E-state index in [4.69, 9.17) is 4.74 Å². The van der Waals surface area contributed by atoms with E-state index in [9.17, 15) is 5.11 Å². The summed E-state index contributed by atoms with van der Waals surface area (Å²) >= 11 is 0. The highest BCUT2D eigenvalue weighted by atomic mass is 16.5. The van der Waals surface area contributed by atoms with Crippen LogP contribution in [0.4, 0.5) is 0 Å². The van der Waals surface area contributed by atoms with Crippen molar-refractivity contribution in [1.29, 1.82) is 0 Å². The number of aromatic hydroxyl groups is 1. The second kappa shape index (κ2) is 5.72. The zero-order chi connectivity index (χ0) is 13.1. The molecule has 1 fully saturated rings. The van der Waals surface area contributed by atoms with E-state index in [-0.39, 0.29) is 0 Å². The van der Waals surface area contributed by atoms with Crippen LogP contribution in [0.2, 0.25) is 0 Å². The Morgan fingerprint density at radius 2 is 2.22 bits per heavy atom. The molecule has 18 heavy (non-hydrogen) atoms. The van der Waals surface area contributed by atoms with Crippen molar-refractivity contribution >= 4 is 0 Å². The molecular weight excluding hydrogens is 226 g/mol. The Hall–Kier alpha value is -1.06. The zero-order valence-electron chi connectivity index (χ0n) is 11.5. The van der Waals surface area contributed by atoms with Crippen molar-refractivity contribution in [2.24, 2.45) is 5.92 Å². The maximum atomic E-state index is 10.0. The molecule has 1 N–H and O–H groups in total. The quantitative estimate of drug-likeness (QED) is 0.893. The molecule has 0 radical (unpaired) electrons. The summed E-state index contributed by atoms with van der Waals surface area (Å²) in [7, 11) is 1.79. The van der Waals surface area contributed by atoms with Gasteiger partial charge in [-0.3, -0.25) is 4.90 Å². The van der Waals surface area contributed by atoms with Crippen LogP contribution in [0, 0.1) is 12.8 Å². The van der Waals surface area contributed by atoms with Gasteiger partial charge in [-0.15, -0.1) is 0 Å². The van der Waals surface area contributed by atoms with Crippen molar-refractivity contribution in [1.82, 2.24) is 4.90 Å². The molecule has 3 nitrogen and oxygen atoms in total. The highest BCUT2D eigenvalue weighted by Gasteiger charge is 2.26. The molecule has 1 aliphatic heterocycles. The summed E-state index contributed by atoms with van der Waals surface area (Å²) in [5, 5.41) is 10.0. The number of nitrogens with zero attached hydrogens (tertiary/aromatic N) is 1. The minimum atomic E-state index is 0.311. The third kappa shape index (κ3) is 2.85. The highest BCUT2D eigenvalue weighted by Crippen LogP contribution is 2.26. The number of benzene rings is 1. The van der Waals surface area contributed by atoms with Crippen LogP contribution < -0.4 is 0 Å². The van der Waals surface area contributed by atoms with Crippen molar-refractivity contribution in [2.45, 2.75) is 32.9 Å². The second-order valence-corrected chi connectivity index (χ2v) is 5.36. The fourth-order valence-corrected chi connectivity index (χ4v) is 2.64. The Kier molecular flexibility index (Phi) is 4.25. The first kappa shape index (κ1) is 13.4. The first-order chi connectivity index (χ1) is 8.61. The normalized spacial score (nSPS) is 25.3. The summed E-state index contributed by atoms with van der Waals surface area (Å²) in [5.74, 6) is 1.06. The summed E-state index contributed by atoms with van der Waals surface area (Å²) in [4.78, 5) is 2.36. The smallest absolute Gasteiger partial charge is 0.122 e. The third-order valence-electron chi connectivity index (χ3n) is 3.99. The van der Waals surface area contributed by atoms with E-state index in [2.05, 4.69) is 11.8 Å². The van der Waals surface area contributed by atoms with Gasteiger partial charge >= 0.3 is 0 Å². The van der Waals surface area contributed by atoms with Crippen molar-refractivity contribution in [3.8, 4) is 5.75 Å². The lowest BCUT2D eigenvalue weighted by Crippen LogP contribution is -2.43. The van der Waals surface area contributed by atoms with E-state index in [1.807, 2.05) is 25.1 Å². The van der Waals surface area contributed by atoms with Crippen molar-refractivity contribution < 1.29 is 9.84 Å². The fourth-order valence-electron chi connectivity index (χ4n) is 2.64. The number of para-hydroxylation sites is 1. The molecule has 0 aliphatic carbocycles. The standard InChI is InChI=1S/C15H23NO2/c1-11-7-8-16(10-14(11)18-3)9-13-6-4-5-12(2)15(13)17/h4-6,11,14,17H,7-10H2,1-3H3. The second-order valence-electron chi connectivity index (χ2n) is 5.36. The van der Waals surface area contributed by atoms with Gasteiger partial charge in [0.15, 0.2) is 0 Å². The molecule has 1 saturated heterocycles. The Morgan fingerprint density at radius 3 is 2.94 bits per heavy atom. The van der Waals surface area contributed by atoms with E-state index in [0.717, 1.165) is 37.2 Å². The van der Waals surface area contributed by atoms with E-state index in [1.165, 1.54) is 0 Å². The predicted molar refractivity (Wildman–Crippen MR) is 72.7 cm³/mol. The highest BCUT2D eigenvalue weighted by molar-refractivity contribution is 5.39. The molecule has 1 aliphatic rings. The number of rotatable bonds is 3. The van der Waals surface area contributed by atoms with Gasteiger partial charge in [0.2, 0.25) is 0 Å². The van der Waals surface area contributed by atoms with Crippen LogP contribution in [-0.2, 0) is 11.3 Å². The maximum Gasteiger partial charge on any atom is 0.122 e. The Bertz CT molecular complexity index is 405. The van der Waals surface area contributed by atoms with Gasteiger partial charge in [0, 0.05) is 25.8 Å². The zero-order valence-corrected chi connectivity index (χ0v) is 11.5. The predicted octanol–water partition coefficient (Wildman–Crippen LogP) is 2.56. The number of phenolic OH excluding ortho intramolecular Hbond substituents is 1. The lowest BCUT2D eigenvalue weighted by molar-refractivity contribution is -0.00762. The molecule has 0 spiro atoms. The number of hydrogen-bond donors (Lipinski definition) is 1. The number of aryl methyl sites for hydroxylation is 1. The molecule has 0 aromatic heterocycles. The van der Waals surface area contributed by atoms with Crippen LogP contribution in [0.5, 0.6) is 5.75 Å². The summed E-state index contributed by atoms with van der Waals surface area (Å²) in [6.07, 6.45) is 1.47. The molecule has 1 aromatic rings. The SMILES string of the molecule is COC1CN(Cc2cccc(C)c2O)CCC1C. The molecule has 2 unspecified atom stereocenters. The van der Waals surface area contributed by atoms with Crippen LogP contribution in [0.1, 0.15) is 24.5 Å². The lowest BCUT2D eigenvalue weighted by Gasteiger charge is -2.36. The first-order valence-corrected chi connectivity index (χ1v) is 6.64. The molecule has 0 amide bonds. The van der Waals surface area contributed by atoms with Gasteiger partial charge in [-0.2, -0.15) is 0 Å². The van der Waals surface area contributed by atoms with E-state index in [0.29, 0.717) is 17.8 Å². The van der Waals surface area contributed by atoms with E-state index < -0.39 is 0 Å². The fraction of sp³-hybridized carbons (Fsp3) is 0.600. The van der Waals surface area contributed by atoms with E-state index >= 15 is 0 Å². The van der Waals surface area contributed by atoms with Gasteiger partial charge in [-0.25, -0.2) is 0 Å². The number of hydrogen-bond acceptors (Lipinski definition) is 3.